The van der Waals surface area contributed by atoms with E-state index in [1.54, 1.807) is 6.92 Å². The van der Waals surface area contributed by atoms with Crippen LogP contribution in [0.25, 0.3) is 0 Å². The Labute approximate surface area is 63.0 Å². The zero-order chi connectivity index (χ0) is 8.91. The highest BCUT2D eigenvalue weighted by atomic mass is 19.4. The molecule has 0 aromatic rings. The third-order valence-electron chi connectivity index (χ3n) is 1.00. The summed E-state index contributed by atoms with van der Waals surface area (Å²) in [6.45, 7) is 1.35. The molecule has 68 valence electrons. The highest BCUT2D eigenvalue weighted by Crippen LogP contribution is 2.19. The first kappa shape index (κ1) is 10.7. The van der Waals surface area contributed by atoms with Crippen molar-refractivity contribution in [3.05, 3.63) is 0 Å². The van der Waals surface area contributed by atoms with E-state index in [0.717, 1.165) is 0 Å². The second kappa shape index (κ2) is 4.56. The molecule has 0 aromatic carbocycles. The molecule has 11 heavy (non-hydrogen) atoms. The Bertz CT molecular complexity index is 102. The van der Waals surface area contributed by atoms with Crippen LogP contribution in [0.15, 0.2) is 0 Å². The van der Waals surface area contributed by atoms with Crippen LogP contribution in [0.1, 0.15) is 13.3 Å². The van der Waals surface area contributed by atoms with Crippen molar-refractivity contribution in [3.8, 4) is 0 Å². The molecule has 0 saturated carbocycles. The van der Waals surface area contributed by atoms with Crippen molar-refractivity contribution >= 4 is 0 Å². The molecule has 1 atom stereocenters. The summed E-state index contributed by atoms with van der Waals surface area (Å²) in [5.74, 6) is 0. The summed E-state index contributed by atoms with van der Waals surface area (Å²) in [6.07, 6.45) is -6.27. The van der Waals surface area contributed by atoms with Crippen molar-refractivity contribution in [2.45, 2.75) is 25.6 Å². The largest absolute Gasteiger partial charge is 0.416 e. The van der Waals surface area contributed by atoms with Crippen molar-refractivity contribution in [2.24, 2.45) is 0 Å². The van der Waals surface area contributed by atoms with Crippen LogP contribution in [0.5, 0.6) is 0 Å². The molecule has 0 saturated heterocycles. The molecule has 0 amide bonds. The van der Waals surface area contributed by atoms with Crippen LogP contribution in [-0.4, -0.2) is 30.6 Å². The third kappa shape index (κ3) is 5.03. The van der Waals surface area contributed by atoms with Gasteiger partial charge in [0.1, 0.15) is 0 Å². The summed E-state index contributed by atoms with van der Waals surface area (Å²) in [5, 5.41) is 8.36. The van der Waals surface area contributed by atoms with Crippen LogP contribution in [0.4, 0.5) is 13.2 Å². The van der Waals surface area contributed by atoms with Crippen molar-refractivity contribution in [1.82, 2.24) is 0 Å². The van der Waals surface area contributed by atoms with Crippen molar-refractivity contribution in [3.63, 3.8) is 0 Å². The first-order chi connectivity index (χ1) is 4.98. The molecule has 1 N–H and O–H groups in total. The number of halogens is 3. The lowest BCUT2D eigenvalue weighted by Crippen LogP contribution is -2.33. The molecule has 0 aliphatic heterocycles. The molecule has 0 bridgehead atoms. The van der Waals surface area contributed by atoms with E-state index in [4.69, 9.17) is 5.11 Å². The maximum atomic E-state index is 11.5. The lowest BCUT2D eigenvalue weighted by Gasteiger charge is -2.13. The third-order valence-corrected chi connectivity index (χ3v) is 1.00. The molecule has 0 rings (SSSR count). The average molecular weight is 172 g/mol. The fourth-order valence-corrected chi connectivity index (χ4v) is 0.434. The van der Waals surface area contributed by atoms with Gasteiger partial charge in [0.25, 0.3) is 0 Å². The number of aliphatic hydroxyl groups excluding tert-OH is 1. The molecule has 0 spiro atoms. The lowest BCUT2D eigenvalue weighted by molar-refractivity contribution is -0.217. The lowest BCUT2D eigenvalue weighted by atomic mass is 10.4. The maximum absolute atomic E-state index is 11.5. The first-order valence-corrected chi connectivity index (χ1v) is 3.31. The van der Waals surface area contributed by atoms with Gasteiger partial charge in [-0.3, -0.25) is 0 Å². The van der Waals surface area contributed by atoms with Gasteiger partial charge in [-0.1, -0.05) is 6.92 Å². The molecule has 0 unspecified atom stereocenters. The van der Waals surface area contributed by atoms with Crippen LogP contribution in [0.2, 0.25) is 0 Å². The zero-order valence-electron chi connectivity index (χ0n) is 6.19. The first-order valence-electron chi connectivity index (χ1n) is 3.31. The van der Waals surface area contributed by atoms with Crippen molar-refractivity contribution in [2.75, 3.05) is 13.2 Å². The molecular formula is C6H11F3O2. The van der Waals surface area contributed by atoms with E-state index >= 15 is 0 Å². The smallest absolute Gasteiger partial charge is 0.382 e. The normalized spacial score (nSPS) is 15.0. The minimum absolute atomic E-state index is 0.243. The van der Waals surface area contributed by atoms with Gasteiger partial charge in [0.2, 0.25) is 0 Å². The van der Waals surface area contributed by atoms with Crippen LogP contribution < -0.4 is 0 Å². The van der Waals surface area contributed by atoms with Crippen LogP contribution in [0.3, 0.4) is 0 Å². The highest BCUT2D eigenvalue weighted by Gasteiger charge is 2.38. The van der Waals surface area contributed by atoms with Crippen LogP contribution in [-0.2, 0) is 4.74 Å². The topological polar surface area (TPSA) is 29.5 Å². The zero-order valence-corrected chi connectivity index (χ0v) is 6.19. The van der Waals surface area contributed by atoms with Crippen molar-refractivity contribution < 1.29 is 23.0 Å². The summed E-state index contributed by atoms with van der Waals surface area (Å²) < 4.78 is 39.1. The van der Waals surface area contributed by atoms with E-state index < -0.39 is 18.9 Å². The van der Waals surface area contributed by atoms with Crippen molar-refractivity contribution in [1.29, 1.82) is 0 Å². The quantitative estimate of drug-likeness (QED) is 0.648. The van der Waals surface area contributed by atoms with E-state index in [1.165, 1.54) is 0 Å². The number of hydrogen-bond acceptors (Lipinski definition) is 2. The second-order valence-electron chi connectivity index (χ2n) is 2.13. The Morgan fingerprint density at radius 3 is 2.36 bits per heavy atom. The van der Waals surface area contributed by atoms with Gasteiger partial charge in [0.15, 0.2) is 6.10 Å². The number of alkyl halides is 3. The monoisotopic (exact) mass is 172 g/mol. The van der Waals surface area contributed by atoms with Crippen LogP contribution >= 0.6 is 0 Å². The van der Waals surface area contributed by atoms with Gasteiger partial charge in [-0.15, -0.1) is 0 Å². The molecule has 0 radical (unpaired) electrons. The molecule has 2 nitrogen and oxygen atoms in total. The van der Waals surface area contributed by atoms with E-state index in [0.29, 0.717) is 6.42 Å². The predicted molar refractivity (Wildman–Crippen MR) is 33.2 cm³/mol. The number of ether oxygens (including phenoxy) is 1. The standard InChI is InChI=1S/C6H11F3O2/c1-2-3-11-4-5(10)6(7,8)9/h5,10H,2-4H2,1H3/t5-/m1/s1. The summed E-state index contributed by atoms with van der Waals surface area (Å²) in [7, 11) is 0. The molecule has 0 aliphatic carbocycles. The Kier molecular flexibility index (Phi) is 4.44. The molecular weight excluding hydrogens is 161 g/mol. The summed E-state index contributed by atoms with van der Waals surface area (Å²) in [6, 6.07) is 0. The Morgan fingerprint density at radius 2 is 2.00 bits per heavy atom. The van der Waals surface area contributed by atoms with E-state index in [2.05, 4.69) is 4.74 Å². The second-order valence-corrected chi connectivity index (χ2v) is 2.13. The van der Waals surface area contributed by atoms with E-state index in [1.807, 2.05) is 0 Å². The molecule has 5 heteroatoms. The van der Waals surface area contributed by atoms with Gasteiger partial charge < -0.3 is 9.84 Å². The minimum atomic E-state index is -4.56. The van der Waals surface area contributed by atoms with Gasteiger partial charge in [0, 0.05) is 6.61 Å². The van der Waals surface area contributed by atoms with Gasteiger partial charge in [-0.05, 0) is 6.42 Å². The van der Waals surface area contributed by atoms with Gasteiger partial charge in [-0.25, -0.2) is 0 Å². The fourth-order valence-electron chi connectivity index (χ4n) is 0.434. The molecule has 0 aliphatic rings. The molecule has 0 aromatic heterocycles. The highest BCUT2D eigenvalue weighted by molar-refractivity contribution is 4.63. The summed E-state index contributed by atoms with van der Waals surface area (Å²) in [4.78, 5) is 0. The molecule has 0 heterocycles. The predicted octanol–water partition coefficient (Wildman–Crippen LogP) is 1.34. The van der Waals surface area contributed by atoms with Gasteiger partial charge in [0.05, 0.1) is 6.61 Å². The maximum Gasteiger partial charge on any atom is 0.416 e. The minimum Gasteiger partial charge on any atom is -0.382 e. The Hall–Kier alpha value is -0.290. The van der Waals surface area contributed by atoms with Crippen LogP contribution in [0, 0.1) is 0 Å². The fraction of sp³-hybridized carbons (Fsp3) is 1.00. The number of aliphatic hydroxyl groups is 1. The van der Waals surface area contributed by atoms with Gasteiger partial charge >= 0.3 is 6.18 Å². The SMILES string of the molecule is CCCOC[C@@H](O)C(F)(F)F. The van der Waals surface area contributed by atoms with Gasteiger partial charge in [-0.2, -0.15) is 13.2 Å². The number of hydrogen-bond donors (Lipinski definition) is 1. The molecule has 0 fully saturated rings. The van der Waals surface area contributed by atoms with E-state index in [9.17, 15) is 13.2 Å². The van der Waals surface area contributed by atoms with E-state index in [-0.39, 0.29) is 6.61 Å². The Morgan fingerprint density at radius 1 is 1.45 bits per heavy atom. The summed E-state index contributed by atoms with van der Waals surface area (Å²) >= 11 is 0. The number of rotatable bonds is 4. The average Bonchev–Trinajstić information content (AvgIpc) is 1.86. The summed E-state index contributed by atoms with van der Waals surface area (Å²) in [5.41, 5.74) is 0. The Balaban J connectivity index is 3.44.